The van der Waals surface area contributed by atoms with Gasteiger partial charge < -0.3 is 4.98 Å². The van der Waals surface area contributed by atoms with Gasteiger partial charge in [0.1, 0.15) is 5.82 Å². The number of aromatic amines is 1. The Kier molecular flexibility index (Phi) is 3.01. The highest BCUT2D eigenvalue weighted by Crippen LogP contribution is 2.23. The molecule has 0 saturated heterocycles. The van der Waals surface area contributed by atoms with Gasteiger partial charge in [-0.05, 0) is 35.9 Å². The Bertz CT molecular complexity index is 780. The van der Waals surface area contributed by atoms with Crippen LogP contribution in [0.3, 0.4) is 0 Å². The lowest BCUT2D eigenvalue weighted by Gasteiger charge is -1.98. The molecule has 0 aliphatic carbocycles. The molecule has 1 heterocycles. The molecule has 0 radical (unpaired) electrons. The lowest BCUT2D eigenvalue weighted by atomic mass is 10.1. The van der Waals surface area contributed by atoms with Crippen molar-refractivity contribution < 1.29 is 4.79 Å². The third-order valence-electron chi connectivity index (χ3n) is 2.81. The van der Waals surface area contributed by atoms with Crippen LogP contribution in [0.15, 0.2) is 42.5 Å². The van der Waals surface area contributed by atoms with Gasteiger partial charge in [-0.3, -0.25) is 4.79 Å². The number of fused-ring (bicyclic) bond motifs is 1. The first-order valence-corrected chi connectivity index (χ1v) is 6.34. The molecule has 3 nitrogen and oxygen atoms in total. The number of halogens is 2. The van der Waals surface area contributed by atoms with E-state index in [-0.39, 0.29) is 0 Å². The summed E-state index contributed by atoms with van der Waals surface area (Å²) in [6, 6.07) is 12.4. The maximum absolute atomic E-state index is 11.2. The fourth-order valence-electron chi connectivity index (χ4n) is 1.90. The Morgan fingerprint density at radius 1 is 1.16 bits per heavy atom. The standard InChI is InChI=1S/C14H8Cl2N2O/c15-10-4-5-11-12(7-10)18-14(17-11)9-3-1-2-8(6-9)13(16)19/h1-7H,(H,17,18). The predicted molar refractivity (Wildman–Crippen MR) is 76.7 cm³/mol. The molecule has 0 atom stereocenters. The molecule has 0 fully saturated rings. The molecule has 0 amide bonds. The highest BCUT2D eigenvalue weighted by Gasteiger charge is 2.08. The molecule has 94 valence electrons. The zero-order valence-corrected chi connectivity index (χ0v) is 11.2. The van der Waals surface area contributed by atoms with Crippen molar-refractivity contribution in [3.63, 3.8) is 0 Å². The molecular formula is C14H8Cl2N2O. The largest absolute Gasteiger partial charge is 0.338 e. The molecule has 1 aromatic heterocycles. The van der Waals surface area contributed by atoms with Crippen LogP contribution in [-0.2, 0) is 0 Å². The summed E-state index contributed by atoms with van der Waals surface area (Å²) in [5, 5.41) is 0.149. The lowest BCUT2D eigenvalue weighted by Crippen LogP contribution is -1.89. The molecule has 1 N–H and O–H groups in total. The Balaban J connectivity index is 2.13. The average Bonchev–Trinajstić information content (AvgIpc) is 2.81. The third-order valence-corrected chi connectivity index (χ3v) is 3.26. The van der Waals surface area contributed by atoms with Crippen LogP contribution >= 0.6 is 23.2 Å². The van der Waals surface area contributed by atoms with E-state index in [0.29, 0.717) is 16.4 Å². The summed E-state index contributed by atoms with van der Waals surface area (Å²) >= 11 is 11.4. The summed E-state index contributed by atoms with van der Waals surface area (Å²) in [6.07, 6.45) is 0. The number of carbonyl (C=O) groups is 1. The molecule has 0 unspecified atom stereocenters. The molecule has 3 aromatic rings. The van der Waals surface area contributed by atoms with Crippen LogP contribution < -0.4 is 0 Å². The van der Waals surface area contributed by atoms with E-state index in [0.717, 1.165) is 16.6 Å². The first-order valence-electron chi connectivity index (χ1n) is 5.59. The summed E-state index contributed by atoms with van der Waals surface area (Å²) < 4.78 is 0. The van der Waals surface area contributed by atoms with E-state index in [4.69, 9.17) is 23.2 Å². The quantitative estimate of drug-likeness (QED) is 0.717. The molecule has 0 saturated carbocycles. The summed E-state index contributed by atoms with van der Waals surface area (Å²) in [7, 11) is 0. The first kappa shape index (κ1) is 12.2. The van der Waals surface area contributed by atoms with E-state index >= 15 is 0 Å². The Labute approximate surface area is 119 Å². The van der Waals surface area contributed by atoms with Crippen LogP contribution in [-0.4, -0.2) is 15.2 Å². The van der Waals surface area contributed by atoms with Crippen molar-refractivity contribution in [3.05, 3.63) is 53.1 Å². The van der Waals surface area contributed by atoms with Gasteiger partial charge in [0.15, 0.2) is 0 Å². The fourth-order valence-corrected chi connectivity index (χ4v) is 2.19. The molecule has 19 heavy (non-hydrogen) atoms. The number of carbonyl (C=O) groups excluding carboxylic acids is 1. The van der Waals surface area contributed by atoms with Gasteiger partial charge >= 0.3 is 0 Å². The molecule has 0 aliphatic heterocycles. The monoisotopic (exact) mass is 290 g/mol. The zero-order chi connectivity index (χ0) is 13.4. The van der Waals surface area contributed by atoms with Gasteiger partial charge in [-0.1, -0.05) is 29.8 Å². The number of benzene rings is 2. The highest BCUT2D eigenvalue weighted by molar-refractivity contribution is 6.67. The second kappa shape index (κ2) is 4.68. The van der Waals surface area contributed by atoms with Crippen LogP contribution in [0.5, 0.6) is 0 Å². The molecule has 0 aliphatic rings. The summed E-state index contributed by atoms with van der Waals surface area (Å²) in [5.74, 6) is 0.678. The fraction of sp³-hybridized carbons (Fsp3) is 0. The summed E-state index contributed by atoms with van der Waals surface area (Å²) in [4.78, 5) is 18.8. The smallest absolute Gasteiger partial charge is 0.252 e. The Morgan fingerprint density at radius 2 is 2.00 bits per heavy atom. The zero-order valence-electron chi connectivity index (χ0n) is 9.65. The topological polar surface area (TPSA) is 45.8 Å². The third kappa shape index (κ3) is 2.35. The minimum Gasteiger partial charge on any atom is -0.338 e. The number of nitrogens with zero attached hydrogens (tertiary/aromatic N) is 1. The van der Waals surface area contributed by atoms with Crippen molar-refractivity contribution in [3.8, 4) is 11.4 Å². The lowest BCUT2D eigenvalue weighted by molar-refractivity contribution is 0.108. The van der Waals surface area contributed by atoms with Gasteiger partial charge in [0, 0.05) is 16.1 Å². The molecule has 0 spiro atoms. The van der Waals surface area contributed by atoms with E-state index in [2.05, 4.69) is 9.97 Å². The van der Waals surface area contributed by atoms with Crippen molar-refractivity contribution in [1.82, 2.24) is 9.97 Å². The molecular weight excluding hydrogens is 283 g/mol. The Morgan fingerprint density at radius 3 is 2.79 bits per heavy atom. The van der Waals surface area contributed by atoms with E-state index in [1.54, 1.807) is 30.3 Å². The van der Waals surface area contributed by atoms with Crippen LogP contribution in [0.2, 0.25) is 5.02 Å². The number of hydrogen-bond acceptors (Lipinski definition) is 2. The minimum atomic E-state index is -0.485. The van der Waals surface area contributed by atoms with Crippen LogP contribution in [0.25, 0.3) is 22.4 Å². The summed E-state index contributed by atoms with van der Waals surface area (Å²) in [5.41, 5.74) is 2.92. The number of imidazole rings is 1. The maximum Gasteiger partial charge on any atom is 0.252 e. The van der Waals surface area contributed by atoms with E-state index in [9.17, 15) is 4.79 Å². The second-order valence-corrected chi connectivity index (χ2v) is 4.88. The van der Waals surface area contributed by atoms with E-state index < -0.39 is 5.24 Å². The second-order valence-electron chi connectivity index (χ2n) is 4.10. The van der Waals surface area contributed by atoms with Crippen molar-refractivity contribution in [1.29, 1.82) is 0 Å². The van der Waals surface area contributed by atoms with Crippen LogP contribution in [0.1, 0.15) is 10.4 Å². The van der Waals surface area contributed by atoms with Gasteiger partial charge in [-0.15, -0.1) is 0 Å². The van der Waals surface area contributed by atoms with E-state index in [1.807, 2.05) is 12.1 Å². The number of H-pyrrole nitrogens is 1. The van der Waals surface area contributed by atoms with Crippen LogP contribution in [0.4, 0.5) is 0 Å². The van der Waals surface area contributed by atoms with Crippen molar-refractivity contribution in [2.45, 2.75) is 0 Å². The van der Waals surface area contributed by atoms with Crippen molar-refractivity contribution in [2.75, 3.05) is 0 Å². The maximum atomic E-state index is 11.2. The number of aromatic nitrogens is 2. The minimum absolute atomic E-state index is 0.442. The highest BCUT2D eigenvalue weighted by atomic mass is 35.5. The number of hydrogen-bond donors (Lipinski definition) is 1. The molecule has 2 aromatic carbocycles. The van der Waals surface area contributed by atoms with Crippen LogP contribution in [0, 0.1) is 0 Å². The first-order chi connectivity index (χ1) is 9.13. The van der Waals surface area contributed by atoms with Crippen molar-refractivity contribution in [2.24, 2.45) is 0 Å². The van der Waals surface area contributed by atoms with Crippen molar-refractivity contribution >= 4 is 39.5 Å². The number of nitrogens with one attached hydrogen (secondary N) is 1. The van der Waals surface area contributed by atoms with Gasteiger partial charge in [0.25, 0.3) is 5.24 Å². The molecule has 0 bridgehead atoms. The predicted octanol–water partition coefficient (Wildman–Crippen LogP) is 4.26. The normalized spacial score (nSPS) is 10.8. The SMILES string of the molecule is O=C(Cl)c1cccc(-c2nc3cc(Cl)ccc3[nH]2)c1. The average molecular weight is 291 g/mol. The molecule has 5 heteroatoms. The van der Waals surface area contributed by atoms with Gasteiger partial charge in [-0.2, -0.15) is 0 Å². The molecule has 3 rings (SSSR count). The van der Waals surface area contributed by atoms with Gasteiger partial charge in [-0.25, -0.2) is 4.98 Å². The Hall–Kier alpha value is -1.84. The van der Waals surface area contributed by atoms with Gasteiger partial charge in [0.05, 0.1) is 11.0 Å². The van der Waals surface area contributed by atoms with E-state index in [1.165, 1.54) is 0 Å². The summed E-state index contributed by atoms with van der Waals surface area (Å²) in [6.45, 7) is 0. The number of rotatable bonds is 2. The van der Waals surface area contributed by atoms with Gasteiger partial charge in [0.2, 0.25) is 0 Å².